The predicted molar refractivity (Wildman–Crippen MR) is 112 cm³/mol. The number of benzene rings is 1. The molecule has 0 radical (unpaired) electrons. The molecule has 3 rings (SSSR count). The molecule has 1 aromatic carbocycles. The molecule has 0 spiro atoms. The molecule has 0 atom stereocenters. The number of piperidine rings is 1. The summed E-state index contributed by atoms with van der Waals surface area (Å²) in [5, 5.41) is 25.6. The van der Waals surface area contributed by atoms with E-state index in [1.807, 2.05) is 25.1 Å². The predicted octanol–water partition coefficient (Wildman–Crippen LogP) is 1.26. The largest absolute Gasteiger partial charge is 0.483 e. The maximum Gasteiger partial charge on any atom is 0.290 e. The summed E-state index contributed by atoms with van der Waals surface area (Å²) >= 11 is 0. The van der Waals surface area contributed by atoms with E-state index in [2.05, 4.69) is 14.9 Å². The molecule has 2 aromatic rings. The highest BCUT2D eigenvalue weighted by atomic mass is 16.3. The third-order valence-corrected chi connectivity index (χ3v) is 4.86. The number of carbonyl (C=O) groups excluding carboxylic acids is 1. The average Bonchev–Trinajstić information content (AvgIpc) is 2.78. The van der Waals surface area contributed by atoms with Gasteiger partial charge in [0, 0.05) is 43.5 Å². The molecular weight excluding hydrogens is 388 g/mol. The molecule has 3 N–H and O–H groups in total. The second-order valence-corrected chi connectivity index (χ2v) is 6.75. The van der Waals surface area contributed by atoms with Gasteiger partial charge in [-0.15, -0.1) is 0 Å². The highest BCUT2D eigenvalue weighted by Gasteiger charge is 2.19. The van der Waals surface area contributed by atoms with Crippen LogP contribution in [0.2, 0.25) is 0 Å². The van der Waals surface area contributed by atoms with Crippen molar-refractivity contribution in [3.05, 3.63) is 42.1 Å². The van der Waals surface area contributed by atoms with Crippen LogP contribution in [0.5, 0.6) is 0 Å². The Balaban J connectivity index is 0.00000101. The van der Waals surface area contributed by atoms with E-state index in [0.29, 0.717) is 24.5 Å². The first-order valence-electron chi connectivity index (χ1n) is 9.88. The minimum Gasteiger partial charge on any atom is -0.483 e. The van der Waals surface area contributed by atoms with Crippen molar-refractivity contribution in [2.75, 3.05) is 37.7 Å². The zero-order chi connectivity index (χ0) is 21.9. The first kappa shape index (κ1) is 23.2. The molecule has 1 saturated heterocycles. The van der Waals surface area contributed by atoms with Crippen LogP contribution in [0.15, 0.2) is 36.5 Å². The number of aliphatic hydroxyl groups excluding tert-OH is 2. The maximum absolute atomic E-state index is 12.5. The number of carboxylic acid groups (broad SMARTS) is 1. The molecule has 0 unspecified atom stereocenters. The van der Waals surface area contributed by atoms with Crippen molar-refractivity contribution < 1.29 is 24.9 Å². The van der Waals surface area contributed by atoms with Crippen molar-refractivity contribution in [1.29, 1.82) is 0 Å². The summed E-state index contributed by atoms with van der Waals surface area (Å²) in [6.07, 6.45) is 3.01. The summed E-state index contributed by atoms with van der Waals surface area (Å²) in [5.74, 6) is 1.37. The fraction of sp³-hybridized carbons (Fsp3) is 0.429. The van der Waals surface area contributed by atoms with Crippen molar-refractivity contribution in [2.45, 2.75) is 25.9 Å². The normalized spacial score (nSPS) is 13.9. The van der Waals surface area contributed by atoms with Gasteiger partial charge in [-0.1, -0.05) is 12.1 Å². The molecule has 0 bridgehead atoms. The first-order chi connectivity index (χ1) is 14.5. The molecule has 2 heterocycles. The van der Waals surface area contributed by atoms with Gasteiger partial charge in [0.25, 0.3) is 12.4 Å². The van der Waals surface area contributed by atoms with Crippen LogP contribution < -0.4 is 4.90 Å². The quantitative estimate of drug-likeness (QED) is 0.601. The van der Waals surface area contributed by atoms with Gasteiger partial charge in [0.1, 0.15) is 5.82 Å². The van der Waals surface area contributed by atoms with Gasteiger partial charge < -0.3 is 25.1 Å². The van der Waals surface area contributed by atoms with Gasteiger partial charge in [-0.2, -0.15) is 0 Å². The topological polar surface area (TPSA) is 127 Å². The lowest BCUT2D eigenvalue weighted by atomic mass is 10.1. The molecule has 0 aliphatic carbocycles. The van der Waals surface area contributed by atoms with Gasteiger partial charge in [-0.3, -0.25) is 9.59 Å². The maximum atomic E-state index is 12.5. The van der Waals surface area contributed by atoms with E-state index in [1.54, 1.807) is 23.2 Å². The molecule has 1 aliphatic rings. The fourth-order valence-corrected chi connectivity index (χ4v) is 3.23. The van der Waals surface area contributed by atoms with E-state index in [9.17, 15) is 9.90 Å². The zero-order valence-electron chi connectivity index (χ0n) is 17.0. The van der Waals surface area contributed by atoms with Gasteiger partial charge in [-0.25, -0.2) is 9.97 Å². The lowest BCUT2D eigenvalue weighted by Gasteiger charge is -2.30. The molecule has 1 aromatic heterocycles. The number of aliphatic hydroxyl groups is 2. The number of likely N-dealkylation sites (N-methyl/N-ethyl adjacent to an activating group) is 1. The van der Waals surface area contributed by atoms with Gasteiger partial charge in [0.2, 0.25) is 0 Å². The van der Waals surface area contributed by atoms with Crippen LogP contribution in [-0.4, -0.2) is 81.5 Å². The molecule has 9 heteroatoms. The van der Waals surface area contributed by atoms with Crippen LogP contribution in [0.3, 0.4) is 0 Å². The first-order valence-corrected chi connectivity index (χ1v) is 9.88. The van der Waals surface area contributed by atoms with Crippen LogP contribution >= 0.6 is 0 Å². The van der Waals surface area contributed by atoms with Crippen molar-refractivity contribution >= 4 is 18.2 Å². The number of anilines is 1. The summed E-state index contributed by atoms with van der Waals surface area (Å²) < 4.78 is 0. The monoisotopic (exact) mass is 416 g/mol. The summed E-state index contributed by atoms with van der Waals surface area (Å²) in [7, 11) is 0. The molecule has 1 aliphatic heterocycles. The lowest BCUT2D eigenvalue weighted by molar-refractivity contribution is -0.122. The Bertz CT molecular complexity index is 807. The van der Waals surface area contributed by atoms with E-state index in [1.165, 1.54) is 0 Å². The average molecular weight is 416 g/mol. The van der Waals surface area contributed by atoms with Crippen LogP contribution in [-0.2, 0) is 4.79 Å². The Morgan fingerprint density at radius 3 is 2.43 bits per heavy atom. The summed E-state index contributed by atoms with van der Waals surface area (Å²) in [6, 6.07) is 9.11. The Labute approximate surface area is 175 Å². The summed E-state index contributed by atoms with van der Waals surface area (Å²) in [6.45, 7) is 4.03. The van der Waals surface area contributed by atoms with E-state index < -0.39 is 0 Å². The van der Waals surface area contributed by atoms with Crippen LogP contribution in [0, 0.1) is 0 Å². The second kappa shape index (κ2) is 11.8. The fourth-order valence-electron chi connectivity index (χ4n) is 3.23. The van der Waals surface area contributed by atoms with Gasteiger partial charge in [0.05, 0.1) is 12.7 Å². The SMILES string of the molecule is CCN(CCO)C(=O)c1ccc(-c2nccc(N3CCC(O)CC3)n2)cc1.O=CO. The zero-order valence-corrected chi connectivity index (χ0v) is 17.0. The number of nitrogens with zero attached hydrogens (tertiary/aromatic N) is 4. The summed E-state index contributed by atoms with van der Waals surface area (Å²) in [5.41, 5.74) is 1.42. The standard InChI is InChI=1S/C20H26N4O3.CH2O2/c1-2-23(13-14-25)20(27)16-5-3-15(4-6-16)19-21-10-7-18(22-19)24-11-8-17(26)9-12-24;2-1-3/h3-7,10,17,25-26H,2,8-9,11-14H2,1H3;1H,(H,2,3). The van der Waals surface area contributed by atoms with Crippen LogP contribution in [0.1, 0.15) is 30.1 Å². The number of amides is 1. The number of aromatic nitrogens is 2. The molecule has 0 saturated carbocycles. The molecule has 1 fully saturated rings. The number of rotatable bonds is 6. The van der Waals surface area contributed by atoms with Gasteiger partial charge in [-0.05, 0) is 38.0 Å². The van der Waals surface area contributed by atoms with Crippen LogP contribution in [0.25, 0.3) is 11.4 Å². The highest BCUT2D eigenvalue weighted by Crippen LogP contribution is 2.22. The van der Waals surface area contributed by atoms with Gasteiger partial charge >= 0.3 is 0 Å². The van der Waals surface area contributed by atoms with E-state index >= 15 is 0 Å². The van der Waals surface area contributed by atoms with E-state index in [4.69, 9.17) is 15.0 Å². The molecule has 162 valence electrons. The van der Waals surface area contributed by atoms with Crippen molar-refractivity contribution in [1.82, 2.24) is 14.9 Å². The molecule has 1 amide bonds. The molecule has 30 heavy (non-hydrogen) atoms. The number of hydrogen-bond acceptors (Lipinski definition) is 7. The second-order valence-electron chi connectivity index (χ2n) is 6.75. The van der Waals surface area contributed by atoms with Gasteiger partial charge in [0.15, 0.2) is 5.82 Å². The Kier molecular flexibility index (Phi) is 9.17. The third kappa shape index (κ3) is 6.23. The smallest absolute Gasteiger partial charge is 0.290 e. The van der Waals surface area contributed by atoms with E-state index in [-0.39, 0.29) is 25.1 Å². The van der Waals surface area contributed by atoms with Crippen molar-refractivity contribution in [2.24, 2.45) is 0 Å². The number of hydrogen-bond donors (Lipinski definition) is 3. The summed E-state index contributed by atoms with van der Waals surface area (Å²) in [4.78, 5) is 33.6. The Morgan fingerprint density at radius 1 is 1.23 bits per heavy atom. The van der Waals surface area contributed by atoms with Crippen molar-refractivity contribution in [3.63, 3.8) is 0 Å². The van der Waals surface area contributed by atoms with Crippen LogP contribution in [0.4, 0.5) is 5.82 Å². The van der Waals surface area contributed by atoms with E-state index in [0.717, 1.165) is 37.3 Å². The third-order valence-electron chi connectivity index (χ3n) is 4.86. The lowest BCUT2D eigenvalue weighted by Crippen LogP contribution is -2.36. The molecular formula is C21H28N4O5. The minimum absolute atomic E-state index is 0.0498. The Hall–Kier alpha value is -3.04. The highest BCUT2D eigenvalue weighted by molar-refractivity contribution is 5.94. The number of carbonyl (C=O) groups is 2. The van der Waals surface area contributed by atoms with Crippen molar-refractivity contribution in [3.8, 4) is 11.4 Å². The minimum atomic E-state index is -0.250. The Morgan fingerprint density at radius 2 is 1.87 bits per heavy atom. The molecule has 9 nitrogen and oxygen atoms in total.